The van der Waals surface area contributed by atoms with Crippen LogP contribution in [0.1, 0.15) is 44.1 Å². The number of Topliss-reactive ketones (excluding diaryl/α,β-unsaturated/α-hetero) is 1. The van der Waals surface area contributed by atoms with Gasteiger partial charge < -0.3 is 9.84 Å². The number of benzene rings is 1. The molecule has 2 bridgehead atoms. The van der Waals surface area contributed by atoms with Crippen LogP contribution < -0.4 is 4.74 Å². The Kier molecular flexibility index (Phi) is 3.45. The third kappa shape index (κ3) is 2.30. The lowest BCUT2D eigenvalue weighted by atomic mass is 9.58. The maximum Gasteiger partial charge on any atom is 0.143 e. The summed E-state index contributed by atoms with van der Waals surface area (Å²) in [6.07, 6.45) is 7.12. The van der Waals surface area contributed by atoms with Crippen LogP contribution in [0.15, 0.2) is 18.2 Å². The van der Waals surface area contributed by atoms with Crippen LogP contribution in [0, 0.1) is 11.3 Å². The number of phenols is 1. The molecule has 0 atom stereocenters. The molecule has 4 rings (SSSR count). The molecule has 3 aliphatic rings. The summed E-state index contributed by atoms with van der Waals surface area (Å²) in [4.78, 5) is 12.7. The van der Waals surface area contributed by atoms with Gasteiger partial charge >= 0.3 is 0 Å². The van der Waals surface area contributed by atoms with Gasteiger partial charge in [0.05, 0.1) is 7.11 Å². The van der Waals surface area contributed by atoms with E-state index in [1.54, 1.807) is 25.3 Å². The van der Waals surface area contributed by atoms with Crippen molar-refractivity contribution in [1.82, 2.24) is 0 Å². The first-order valence-corrected chi connectivity index (χ1v) is 7.52. The number of hydrogen-bond acceptors (Lipinski definition) is 3. The molecule has 0 radical (unpaired) electrons. The summed E-state index contributed by atoms with van der Waals surface area (Å²) in [6, 6.07) is 5.19. The number of aromatic hydroxyl groups is 1. The summed E-state index contributed by atoms with van der Waals surface area (Å²) >= 11 is 0. The van der Waals surface area contributed by atoms with E-state index in [-0.39, 0.29) is 11.2 Å². The van der Waals surface area contributed by atoms with E-state index in [4.69, 9.17) is 4.74 Å². The minimum Gasteiger partial charge on any atom is -0.508 e. The first-order valence-electron chi connectivity index (χ1n) is 7.52. The minimum atomic E-state index is -0.0961. The van der Waals surface area contributed by atoms with E-state index in [0.29, 0.717) is 18.0 Å². The number of rotatable bonds is 4. The van der Waals surface area contributed by atoms with Gasteiger partial charge in [0, 0.05) is 23.5 Å². The maximum atomic E-state index is 12.7. The van der Waals surface area contributed by atoms with Gasteiger partial charge in [0.1, 0.15) is 17.3 Å². The zero-order valence-corrected chi connectivity index (χ0v) is 12.0. The standard InChI is InChI=1S/C17H22O3/c1-20-14-3-2-13(15(18)11-14)10-16(19)17-7-4-12(5-8-17)6-9-17/h2-3,11-12,18H,4-10H2,1H3. The van der Waals surface area contributed by atoms with E-state index < -0.39 is 0 Å². The molecule has 3 fully saturated rings. The molecule has 3 saturated carbocycles. The number of hydrogen-bond donors (Lipinski definition) is 1. The van der Waals surface area contributed by atoms with Crippen molar-refractivity contribution in [1.29, 1.82) is 0 Å². The SMILES string of the molecule is COc1ccc(CC(=O)C23CCC(CC2)CC3)c(O)c1. The van der Waals surface area contributed by atoms with Crippen molar-refractivity contribution in [3.63, 3.8) is 0 Å². The molecular weight excluding hydrogens is 252 g/mol. The number of carbonyl (C=O) groups excluding carboxylic acids is 1. The van der Waals surface area contributed by atoms with Gasteiger partial charge in [0.15, 0.2) is 0 Å². The molecule has 3 aliphatic carbocycles. The van der Waals surface area contributed by atoms with Crippen LogP contribution in [-0.4, -0.2) is 18.0 Å². The average molecular weight is 274 g/mol. The van der Waals surface area contributed by atoms with Crippen molar-refractivity contribution in [3.8, 4) is 11.5 Å². The monoisotopic (exact) mass is 274 g/mol. The van der Waals surface area contributed by atoms with Crippen LogP contribution in [0.2, 0.25) is 0 Å². The van der Waals surface area contributed by atoms with Gasteiger partial charge in [-0.1, -0.05) is 6.07 Å². The van der Waals surface area contributed by atoms with Crippen molar-refractivity contribution in [3.05, 3.63) is 23.8 Å². The second-order valence-electron chi connectivity index (χ2n) is 6.36. The average Bonchev–Trinajstić information content (AvgIpc) is 2.51. The van der Waals surface area contributed by atoms with E-state index in [1.165, 1.54) is 19.3 Å². The van der Waals surface area contributed by atoms with Crippen molar-refractivity contribution in [2.24, 2.45) is 11.3 Å². The van der Waals surface area contributed by atoms with Crippen LogP contribution in [0.25, 0.3) is 0 Å². The first kappa shape index (κ1) is 13.5. The highest BCUT2D eigenvalue weighted by atomic mass is 16.5. The van der Waals surface area contributed by atoms with Gasteiger partial charge in [-0.25, -0.2) is 0 Å². The normalized spacial score (nSPS) is 28.4. The maximum absolute atomic E-state index is 12.7. The Hall–Kier alpha value is -1.51. The molecule has 3 heteroatoms. The van der Waals surface area contributed by atoms with Crippen LogP contribution >= 0.6 is 0 Å². The smallest absolute Gasteiger partial charge is 0.143 e. The van der Waals surface area contributed by atoms with E-state index in [2.05, 4.69) is 0 Å². The van der Waals surface area contributed by atoms with Crippen LogP contribution in [0.4, 0.5) is 0 Å². The van der Waals surface area contributed by atoms with Gasteiger partial charge in [-0.3, -0.25) is 4.79 Å². The summed E-state index contributed by atoms with van der Waals surface area (Å²) in [7, 11) is 1.57. The highest BCUT2D eigenvalue weighted by Crippen LogP contribution is 2.51. The molecule has 0 spiro atoms. The fraction of sp³-hybridized carbons (Fsp3) is 0.588. The molecule has 108 valence electrons. The molecular formula is C17H22O3. The summed E-state index contributed by atoms with van der Waals surface area (Å²) in [5, 5.41) is 10.0. The summed E-state index contributed by atoms with van der Waals surface area (Å²) in [5.41, 5.74) is 0.624. The Morgan fingerprint density at radius 2 is 1.95 bits per heavy atom. The zero-order chi connectivity index (χ0) is 14.2. The molecule has 1 aromatic carbocycles. The predicted molar refractivity (Wildman–Crippen MR) is 77.0 cm³/mol. The number of ketones is 1. The largest absolute Gasteiger partial charge is 0.508 e. The number of ether oxygens (including phenoxy) is 1. The van der Waals surface area contributed by atoms with E-state index in [1.807, 2.05) is 0 Å². The summed E-state index contributed by atoms with van der Waals surface area (Å²) in [5.74, 6) is 1.96. The van der Waals surface area contributed by atoms with Crippen LogP contribution in [0.5, 0.6) is 11.5 Å². The number of carbonyl (C=O) groups is 1. The van der Waals surface area contributed by atoms with E-state index in [0.717, 1.165) is 30.7 Å². The number of methoxy groups -OCH3 is 1. The molecule has 0 saturated heterocycles. The number of phenolic OH excluding ortho intramolecular Hbond substituents is 1. The molecule has 0 heterocycles. The van der Waals surface area contributed by atoms with Crippen LogP contribution in [0.3, 0.4) is 0 Å². The lowest BCUT2D eigenvalue weighted by Crippen LogP contribution is -2.41. The lowest BCUT2D eigenvalue weighted by Gasteiger charge is -2.45. The van der Waals surface area contributed by atoms with Gasteiger partial charge in [-0.15, -0.1) is 0 Å². The van der Waals surface area contributed by atoms with E-state index >= 15 is 0 Å². The Morgan fingerprint density at radius 1 is 1.30 bits per heavy atom. The topological polar surface area (TPSA) is 46.5 Å². The number of fused-ring (bicyclic) bond motifs is 3. The molecule has 1 N–H and O–H groups in total. The molecule has 0 amide bonds. The molecule has 3 nitrogen and oxygen atoms in total. The lowest BCUT2D eigenvalue weighted by molar-refractivity contribution is -0.133. The fourth-order valence-corrected chi connectivity index (χ4v) is 3.85. The van der Waals surface area contributed by atoms with Crippen molar-refractivity contribution in [2.75, 3.05) is 7.11 Å². The highest BCUT2D eigenvalue weighted by Gasteiger charge is 2.45. The molecule has 20 heavy (non-hydrogen) atoms. The Balaban J connectivity index is 1.75. The molecule has 0 aromatic heterocycles. The fourth-order valence-electron chi connectivity index (χ4n) is 3.85. The van der Waals surface area contributed by atoms with Crippen molar-refractivity contribution < 1.29 is 14.6 Å². The second-order valence-corrected chi connectivity index (χ2v) is 6.36. The van der Waals surface area contributed by atoms with E-state index in [9.17, 15) is 9.90 Å². The highest BCUT2D eigenvalue weighted by molar-refractivity contribution is 5.87. The predicted octanol–water partition coefficient (Wildman–Crippen LogP) is 3.48. The Labute approximate surface area is 120 Å². The summed E-state index contributed by atoms with van der Waals surface area (Å²) < 4.78 is 5.07. The third-order valence-corrected chi connectivity index (χ3v) is 5.33. The zero-order valence-electron chi connectivity index (χ0n) is 12.0. The molecule has 0 unspecified atom stereocenters. The third-order valence-electron chi connectivity index (χ3n) is 5.33. The Bertz CT molecular complexity index is 499. The van der Waals surface area contributed by atoms with Crippen molar-refractivity contribution >= 4 is 5.78 Å². The Morgan fingerprint density at radius 3 is 2.50 bits per heavy atom. The van der Waals surface area contributed by atoms with Crippen molar-refractivity contribution in [2.45, 2.75) is 44.9 Å². The van der Waals surface area contributed by atoms with Gasteiger partial charge in [-0.2, -0.15) is 0 Å². The summed E-state index contributed by atoms with van der Waals surface area (Å²) in [6.45, 7) is 0. The molecule has 0 aliphatic heterocycles. The minimum absolute atomic E-state index is 0.0961. The van der Waals surface area contributed by atoms with Crippen LogP contribution in [-0.2, 0) is 11.2 Å². The van der Waals surface area contributed by atoms with Gasteiger partial charge in [-0.05, 0) is 50.5 Å². The molecule has 1 aromatic rings. The quantitative estimate of drug-likeness (QED) is 0.914. The van der Waals surface area contributed by atoms with Gasteiger partial charge in [0.2, 0.25) is 0 Å². The first-order chi connectivity index (χ1) is 9.63. The second kappa shape index (κ2) is 5.12. The van der Waals surface area contributed by atoms with Gasteiger partial charge in [0.25, 0.3) is 0 Å².